The van der Waals surface area contributed by atoms with E-state index in [-0.39, 0.29) is 11.3 Å². The zero-order chi connectivity index (χ0) is 8.97. The lowest BCUT2D eigenvalue weighted by atomic mass is 10.3. The molecule has 64 valence electrons. The predicted molar refractivity (Wildman–Crippen MR) is 47.6 cm³/mol. The SMILES string of the molecule is C[C@H](C#CO)NC1=NC(=O)SC1. The highest BCUT2D eigenvalue weighted by atomic mass is 32.2. The van der Waals surface area contributed by atoms with Gasteiger partial charge in [0.2, 0.25) is 0 Å². The lowest BCUT2D eigenvalue weighted by molar-refractivity contribution is 0.268. The summed E-state index contributed by atoms with van der Waals surface area (Å²) in [6.07, 6.45) is 1.79. The number of nitrogens with one attached hydrogen (secondary N) is 1. The molecule has 1 amide bonds. The molecule has 0 unspecified atom stereocenters. The molecule has 1 atom stereocenters. The van der Waals surface area contributed by atoms with Crippen molar-refractivity contribution in [2.24, 2.45) is 4.99 Å². The van der Waals surface area contributed by atoms with Crippen LogP contribution in [0.4, 0.5) is 4.79 Å². The van der Waals surface area contributed by atoms with Crippen LogP contribution in [0.5, 0.6) is 0 Å². The van der Waals surface area contributed by atoms with Crippen LogP contribution in [0.2, 0.25) is 0 Å². The summed E-state index contributed by atoms with van der Waals surface area (Å²) in [5.41, 5.74) is 0. The normalized spacial score (nSPS) is 17.8. The number of rotatable bonds is 1. The maximum Gasteiger partial charge on any atom is 0.306 e. The molecule has 12 heavy (non-hydrogen) atoms. The molecule has 4 nitrogen and oxygen atoms in total. The highest BCUT2D eigenvalue weighted by molar-refractivity contribution is 8.14. The van der Waals surface area contributed by atoms with E-state index in [1.165, 1.54) is 0 Å². The number of aliphatic hydroxyl groups excluding tert-OH is 1. The Balaban J connectivity index is 2.45. The number of nitrogens with zero attached hydrogens (tertiary/aromatic N) is 1. The molecule has 0 aliphatic carbocycles. The predicted octanol–water partition coefficient (Wildman–Crippen LogP) is 0.563. The molecule has 0 fully saturated rings. The maximum atomic E-state index is 10.6. The van der Waals surface area contributed by atoms with Crippen LogP contribution in [-0.2, 0) is 0 Å². The number of carbonyl (C=O) groups excluding carboxylic acids is 1. The van der Waals surface area contributed by atoms with Gasteiger partial charge in [0.05, 0.1) is 11.8 Å². The minimum Gasteiger partial charge on any atom is -0.462 e. The van der Waals surface area contributed by atoms with Crippen molar-refractivity contribution in [1.29, 1.82) is 0 Å². The minimum absolute atomic E-state index is 0.179. The number of carbonyl (C=O) groups is 1. The van der Waals surface area contributed by atoms with Gasteiger partial charge in [0, 0.05) is 0 Å². The number of aliphatic hydroxyl groups is 1. The largest absolute Gasteiger partial charge is 0.462 e. The van der Waals surface area contributed by atoms with Gasteiger partial charge in [-0.05, 0) is 12.8 Å². The van der Waals surface area contributed by atoms with Crippen molar-refractivity contribution in [3.05, 3.63) is 0 Å². The third-order valence-corrected chi connectivity index (χ3v) is 1.98. The standard InChI is InChI=1S/C7H8N2O2S/c1-5(2-3-10)8-6-4-12-7(11)9-6/h5,10H,4H2,1H3,(H,8,9,11)/t5-/m1/s1. The van der Waals surface area contributed by atoms with Crippen LogP contribution in [0, 0.1) is 12.0 Å². The van der Waals surface area contributed by atoms with Gasteiger partial charge in [-0.3, -0.25) is 4.79 Å². The van der Waals surface area contributed by atoms with Gasteiger partial charge < -0.3 is 10.4 Å². The Hall–Kier alpha value is -1.15. The second-order valence-electron chi connectivity index (χ2n) is 2.24. The quantitative estimate of drug-likeness (QED) is 0.585. The molecule has 0 saturated carbocycles. The van der Waals surface area contributed by atoms with Gasteiger partial charge in [0.15, 0.2) is 0 Å². The van der Waals surface area contributed by atoms with Gasteiger partial charge in [-0.15, -0.1) is 0 Å². The molecule has 1 aliphatic rings. The number of hydrogen-bond acceptors (Lipinski definition) is 4. The first-order valence-corrected chi connectivity index (χ1v) is 4.36. The van der Waals surface area contributed by atoms with Crippen LogP contribution in [0.1, 0.15) is 6.92 Å². The van der Waals surface area contributed by atoms with E-state index >= 15 is 0 Å². The van der Waals surface area contributed by atoms with E-state index in [9.17, 15) is 4.79 Å². The second kappa shape index (κ2) is 4.02. The Bertz CT molecular complexity index is 277. The fraction of sp³-hybridized carbons (Fsp3) is 0.429. The summed E-state index contributed by atoms with van der Waals surface area (Å²) in [7, 11) is 0. The maximum absolute atomic E-state index is 10.6. The molecule has 0 bridgehead atoms. The van der Waals surface area contributed by atoms with Crippen molar-refractivity contribution in [1.82, 2.24) is 5.32 Å². The molecule has 0 aromatic heterocycles. The van der Waals surface area contributed by atoms with Gasteiger partial charge in [-0.1, -0.05) is 11.8 Å². The zero-order valence-electron chi connectivity index (χ0n) is 6.50. The average Bonchev–Trinajstić information content (AvgIpc) is 2.36. The van der Waals surface area contributed by atoms with Crippen molar-refractivity contribution < 1.29 is 9.90 Å². The topological polar surface area (TPSA) is 61.7 Å². The summed E-state index contributed by atoms with van der Waals surface area (Å²) in [4.78, 5) is 14.3. The molecular weight excluding hydrogens is 176 g/mol. The van der Waals surface area contributed by atoms with Crippen LogP contribution in [0.3, 0.4) is 0 Å². The van der Waals surface area contributed by atoms with Crippen LogP contribution in [0.25, 0.3) is 0 Å². The van der Waals surface area contributed by atoms with Crippen molar-refractivity contribution in [2.75, 3.05) is 5.75 Å². The molecule has 0 saturated heterocycles. The number of amidine groups is 1. The third-order valence-electron chi connectivity index (χ3n) is 1.22. The number of thioether (sulfide) groups is 1. The fourth-order valence-corrected chi connectivity index (χ4v) is 1.34. The van der Waals surface area contributed by atoms with Crippen LogP contribution < -0.4 is 5.32 Å². The molecular formula is C7H8N2O2S. The first-order valence-electron chi connectivity index (χ1n) is 3.38. The van der Waals surface area contributed by atoms with Crippen molar-refractivity contribution in [2.45, 2.75) is 13.0 Å². The highest BCUT2D eigenvalue weighted by Gasteiger charge is 2.15. The lowest BCUT2D eigenvalue weighted by Crippen LogP contribution is -2.31. The van der Waals surface area contributed by atoms with Gasteiger partial charge >= 0.3 is 5.24 Å². The van der Waals surface area contributed by atoms with E-state index in [1.807, 2.05) is 0 Å². The summed E-state index contributed by atoms with van der Waals surface area (Å²) < 4.78 is 0. The molecule has 1 heterocycles. The lowest BCUT2D eigenvalue weighted by Gasteiger charge is -2.05. The van der Waals surface area contributed by atoms with Gasteiger partial charge in [-0.2, -0.15) is 4.99 Å². The summed E-state index contributed by atoms with van der Waals surface area (Å²) in [5, 5.41) is 11.0. The van der Waals surface area contributed by atoms with Crippen molar-refractivity contribution in [3.8, 4) is 12.0 Å². The van der Waals surface area contributed by atoms with E-state index in [1.54, 1.807) is 13.0 Å². The summed E-state index contributed by atoms with van der Waals surface area (Å²) >= 11 is 1.15. The molecule has 0 aromatic carbocycles. The molecule has 1 rings (SSSR count). The Kier molecular flexibility index (Phi) is 3.00. The van der Waals surface area contributed by atoms with Crippen molar-refractivity contribution in [3.63, 3.8) is 0 Å². The Morgan fingerprint density at radius 1 is 1.83 bits per heavy atom. The summed E-state index contributed by atoms with van der Waals surface area (Å²) in [6.45, 7) is 1.78. The molecule has 5 heteroatoms. The van der Waals surface area contributed by atoms with E-state index in [0.717, 1.165) is 11.8 Å². The van der Waals surface area contributed by atoms with Crippen LogP contribution in [0.15, 0.2) is 4.99 Å². The first kappa shape index (κ1) is 8.94. The van der Waals surface area contributed by atoms with Gasteiger partial charge in [0.25, 0.3) is 0 Å². The number of aliphatic imine (C=N–C) groups is 1. The van der Waals surface area contributed by atoms with E-state index in [4.69, 9.17) is 5.11 Å². The molecule has 0 aromatic rings. The third kappa shape index (κ3) is 2.47. The highest BCUT2D eigenvalue weighted by Crippen LogP contribution is 2.12. The Morgan fingerprint density at radius 2 is 2.58 bits per heavy atom. The van der Waals surface area contributed by atoms with Gasteiger partial charge in [0.1, 0.15) is 11.9 Å². The Labute approximate surface area is 74.4 Å². The zero-order valence-corrected chi connectivity index (χ0v) is 7.31. The van der Waals surface area contributed by atoms with Crippen LogP contribution >= 0.6 is 11.8 Å². The van der Waals surface area contributed by atoms with E-state index < -0.39 is 0 Å². The van der Waals surface area contributed by atoms with E-state index in [2.05, 4.69) is 16.2 Å². The van der Waals surface area contributed by atoms with Gasteiger partial charge in [-0.25, -0.2) is 0 Å². The molecule has 1 aliphatic heterocycles. The fourth-order valence-electron chi connectivity index (χ4n) is 0.762. The summed E-state index contributed by atoms with van der Waals surface area (Å²) in [5.74, 6) is 3.67. The molecule has 0 spiro atoms. The molecule has 2 N–H and O–H groups in total. The minimum atomic E-state index is -0.180. The summed E-state index contributed by atoms with van der Waals surface area (Å²) in [6, 6.07) is -0.180. The monoisotopic (exact) mass is 184 g/mol. The van der Waals surface area contributed by atoms with Crippen LogP contribution in [-0.4, -0.2) is 28.0 Å². The first-order chi connectivity index (χ1) is 5.72. The number of amides is 1. The number of hydrogen-bond donors (Lipinski definition) is 2. The molecule has 0 radical (unpaired) electrons. The average molecular weight is 184 g/mol. The Morgan fingerprint density at radius 3 is 3.08 bits per heavy atom. The van der Waals surface area contributed by atoms with Crippen molar-refractivity contribution >= 4 is 22.8 Å². The smallest absolute Gasteiger partial charge is 0.306 e. The second-order valence-corrected chi connectivity index (χ2v) is 3.16. The van der Waals surface area contributed by atoms with E-state index in [0.29, 0.717) is 11.6 Å².